The third-order valence-electron chi connectivity index (χ3n) is 4.24. The van der Waals surface area contributed by atoms with E-state index in [1.807, 2.05) is 12.3 Å². The summed E-state index contributed by atoms with van der Waals surface area (Å²) in [6.07, 6.45) is 5.82. The van der Waals surface area contributed by atoms with Crippen LogP contribution in [0.25, 0.3) is 0 Å². The second kappa shape index (κ2) is 8.75. The number of pyridine rings is 1. The van der Waals surface area contributed by atoms with Crippen molar-refractivity contribution < 1.29 is 9.47 Å². The fourth-order valence-electron chi connectivity index (χ4n) is 2.94. The van der Waals surface area contributed by atoms with E-state index in [2.05, 4.69) is 0 Å². The largest absolute Gasteiger partial charge is 0.492 e. The Morgan fingerprint density at radius 3 is 2.84 bits per heavy atom. The minimum atomic E-state index is 0.0139. The number of halogens is 2. The molecule has 1 unspecified atom stereocenters. The summed E-state index contributed by atoms with van der Waals surface area (Å²) in [7, 11) is 0. The molecule has 2 aromatic rings. The summed E-state index contributed by atoms with van der Waals surface area (Å²) in [5.41, 5.74) is 1.05. The zero-order chi connectivity index (χ0) is 17.6. The monoisotopic (exact) mass is 381 g/mol. The van der Waals surface area contributed by atoms with Crippen molar-refractivity contribution >= 4 is 23.2 Å². The predicted molar refractivity (Wildman–Crippen MR) is 100.0 cm³/mol. The third-order valence-corrected chi connectivity index (χ3v) is 4.77. The highest BCUT2D eigenvalue weighted by atomic mass is 35.5. The number of rotatable bonds is 7. The first-order chi connectivity index (χ1) is 12.1. The van der Waals surface area contributed by atoms with Crippen LogP contribution in [0.4, 0.5) is 0 Å². The highest BCUT2D eigenvalue weighted by molar-refractivity contribution is 6.35. The van der Waals surface area contributed by atoms with Gasteiger partial charge in [-0.3, -0.25) is 4.79 Å². The number of nitrogens with zero attached hydrogens (tertiary/aromatic N) is 1. The van der Waals surface area contributed by atoms with Gasteiger partial charge >= 0.3 is 0 Å². The lowest BCUT2D eigenvalue weighted by Gasteiger charge is -2.11. The maximum absolute atomic E-state index is 12.2. The van der Waals surface area contributed by atoms with E-state index in [1.165, 1.54) is 0 Å². The van der Waals surface area contributed by atoms with Crippen molar-refractivity contribution in [2.24, 2.45) is 0 Å². The van der Waals surface area contributed by atoms with Crippen LogP contribution in [0.5, 0.6) is 5.75 Å². The summed E-state index contributed by atoms with van der Waals surface area (Å²) < 4.78 is 13.0. The van der Waals surface area contributed by atoms with E-state index in [0.717, 1.165) is 31.4 Å². The molecular formula is C19H21Cl2NO3. The maximum atomic E-state index is 12.2. The van der Waals surface area contributed by atoms with Gasteiger partial charge in [0.15, 0.2) is 0 Å². The Labute approximate surface area is 157 Å². The van der Waals surface area contributed by atoms with Crippen LogP contribution in [0.15, 0.2) is 41.3 Å². The van der Waals surface area contributed by atoms with Crippen LogP contribution in [0, 0.1) is 0 Å². The summed E-state index contributed by atoms with van der Waals surface area (Å²) in [5.74, 6) is 0.602. The number of ether oxygens (including phenoxy) is 2. The third kappa shape index (κ3) is 5.24. The average Bonchev–Trinajstić information content (AvgIpc) is 3.08. The Hall–Kier alpha value is -1.49. The van der Waals surface area contributed by atoms with Gasteiger partial charge < -0.3 is 14.0 Å². The number of aryl methyl sites for hydroxylation is 1. The summed E-state index contributed by atoms with van der Waals surface area (Å²) >= 11 is 11.9. The van der Waals surface area contributed by atoms with E-state index in [-0.39, 0.29) is 11.7 Å². The van der Waals surface area contributed by atoms with E-state index in [9.17, 15) is 4.79 Å². The van der Waals surface area contributed by atoms with Crippen molar-refractivity contribution in [1.29, 1.82) is 0 Å². The Kier molecular flexibility index (Phi) is 6.40. The van der Waals surface area contributed by atoms with Gasteiger partial charge in [-0.25, -0.2) is 0 Å². The highest BCUT2D eigenvalue weighted by Gasteiger charge is 2.16. The SMILES string of the molecule is O=c1cc(CC2CCCO2)ccn1CCCOc1ccc(Cl)cc1Cl. The number of hydrogen-bond acceptors (Lipinski definition) is 3. The average molecular weight is 382 g/mol. The summed E-state index contributed by atoms with van der Waals surface area (Å²) in [6, 6.07) is 8.84. The van der Waals surface area contributed by atoms with Gasteiger partial charge in [-0.05, 0) is 55.5 Å². The van der Waals surface area contributed by atoms with Gasteiger partial charge in [0.25, 0.3) is 5.56 Å². The second-order valence-corrected chi connectivity index (χ2v) is 7.03. The molecular weight excluding hydrogens is 361 g/mol. The molecule has 0 amide bonds. The summed E-state index contributed by atoms with van der Waals surface area (Å²) in [5, 5.41) is 1.06. The zero-order valence-corrected chi connectivity index (χ0v) is 15.4. The molecule has 0 saturated carbocycles. The van der Waals surface area contributed by atoms with Crippen LogP contribution in [0.2, 0.25) is 10.0 Å². The summed E-state index contributed by atoms with van der Waals surface area (Å²) in [4.78, 5) is 12.2. The van der Waals surface area contributed by atoms with Crippen molar-refractivity contribution in [1.82, 2.24) is 4.57 Å². The zero-order valence-electron chi connectivity index (χ0n) is 13.9. The summed E-state index contributed by atoms with van der Waals surface area (Å²) in [6.45, 7) is 1.91. The molecule has 0 spiro atoms. The number of hydrogen-bond donors (Lipinski definition) is 0. The van der Waals surface area contributed by atoms with Gasteiger partial charge in [0.05, 0.1) is 17.7 Å². The van der Waals surface area contributed by atoms with Crippen molar-refractivity contribution in [3.63, 3.8) is 0 Å². The highest BCUT2D eigenvalue weighted by Crippen LogP contribution is 2.27. The number of aromatic nitrogens is 1. The molecule has 1 atom stereocenters. The molecule has 1 saturated heterocycles. The van der Waals surface area contributed by atoms with E-state index < -0.39 is 0 Å². The second-order valence-electron chi connectivity index (χ2n) is 6.18. The Morgan fingerprint density at radius 1 is 1.24 bits per heavy atom. The first kappa shape index (κ1) is 18.3. The standard InChI is InChI=1S/C19H21Cl2NO3/c20-15-4-5-18(17(21)13-15)25-10-2-7-22-8-6-14(12-19(22)23)11-16-3-1-9-24-16/h4-6,8,12-13,16H,1-3,7,9-11H2. The molecule has 0 radical (unpaired) electrons. The van der Waals surface area contributed by atoms with Gasteiger partial charge in [-0.15, -0.1) is 0 Å². The molecule has 4 nitrogen and oxygen atoms in total. The van der Waals surface area contributed by atoms with Crippen molar-refractivity contribution in [2.45, 2.75) is 38.3 Å². The van der Waals surface area contributed by atoms with E-state index >= 15 is 0 Å². The molecule has 25 heavy (non-hydrogen) atoms. The molecule has 2 heterocycles. The fourth-order valence-corrected chi connectivity index (χ4v) is 3.40. The molecule has 134 valence electrons. The number of benzene rings is 1. The quantitative estimate of drug-likeness (QED) is 0.669. The van der Waals surface area contributed by atoms with E-state index in [0.29, 0.717) is 35.4 Å². The van der Waals surface area contributed by atoms with Crippen LogP contribution >= 0.6 is 23.2 Å². The Morgan fingerprint density at radius 2 is 2.12 bits per heavy atom. The lowest BCUT2D eigenvalue weighted by Crippen LogP contribution is -2.21. The first-order valence-electron chi connectivity index (χ1n) is 8.50. The molecule has 1 aliphatic heterocycles. The molecule has 3 rings (SSSR count). The lowest BCUT2D eigenvalue weighted by atomic mass is 10.1. The van der Waals surface area contributed by atoms with Crippen LogP contribution < -0.4 is 10.3 Å². The van der Waals surface area contributed by atoms with Crippen molar-refractivity contribution in [3.05, 3.63) is 62.5 Å². The Balaban J connectivity index is 1.48. The normalized spacial score (nSPS) is 17.0. The predicted octanol–water partition coefficient (Wildman–Crippen LogP) is 4.35. The molecule has 6 heteroatoms. The minimum absolute atomic E-state index is 0.0139. The molecule has 1 fully saturated rings. The van der Waals surface area contributed by atoms with Gasteiger partial charge in [-0.1, -0.05) is 23.2 Å². The Bertz CT molecular complexity index is 770. The van der Waals surface area contributed by atoms with E-state index in [1.54, 1.807) is 28.8 Å². The first-order valence-corrected chi connectivity index (χ1v) is 9.26. The molecule has 1 aromatic carbocycles. The van der Waals surface area contributed by atoms with E-state index in [4.69, 9.17) is 32.7 Å². The van der Waals surface area contributed by atoms with Gasteiger partial charge in [0, 0.05) is 30.4 Å². The van der Waals surface area contributed by atoms with Crippen LogP contribution in [-0.2, 0) is 17.7 Å². The fraction of sp³-hybridized carbons (Fsp3) is 0.421. The van der Waals surface area contributed by atoms with Crippen molar-refractivity contribution in [3.8, 4) is 5.75 Å². The lowest BCUT2D eigenvalue weighted by molar-refractivity contribution is 0.111. The van der Waals surface area contributed by atoms with Gasteiger partial charge in [0.1, 0.15) is 5.75 Å². The van der Waals surface area contributed by atoms with Crippen LogP contribution in [0.3, 0.4) is 0 Å². The van der Waals surface area contributed by atoms with Gasteiger partial charge in [0.2, 0.25) is 0 Å². The maximum Gasteiger partial charge on any atom is 0.250 e. The molecule has 1 aliphatic rings. The molecule has 0 bridgehead atoms. The van der Waals surface area contributed by atoms with Crippen LogP contribution in [-0.4, -0.2) is 23.9 Å². The van der Waals surface area contributed by atoms with Crippen molar-refractivity contribution in [2.75, 3.05) is 13.2 Å². The molecule has 0 N–H and O–H groups in total. The minimum Gasteiger partial charge on any atom is -0.492 e. The smallest absolute Gasteiger partial charge is 0.250 e. The molecule has 0 aliphatic carbocycles. The van der Waals surface area contributed by atoms with Crippen LogP contribution in [0.1, 0.15) is 24.8 Å². The topological polar surface area (TPSA) is 40.5 Å². The molecule has 1 aromatic heterocycles. The van der Waals surface area contributed by atoms with Gasteiger partial charge in [-0.2, -0.15) is 0 Å².